The number of methoxy groups -OCH3 is 1. The maximum atomic E-state index is 12.8. The summed E-state index contributed by atoms with van der Waals surface area (Å²) in [6.07, 6.45) is -3.59. The molecule has 2 aromatic carbocycles. The summed E-state index contributed by atoms with van der Waals surface area (Å²) in [6, 6.07) is 7.58. The molecule has 2 rings (SSSR count). The number of halogens is 4. The van der Waals surface area contributed by atoms with E-state index in [2.05, 4.69) is 5.32 Å². The number of alkyl halides is 3. The van der Waals surface area contributed by atoms with E-state index in [0.717, 1.165) is 22.7 Å². The predicted molar refractivity (Wildman–Crippen MR) is 108 cm³/mol. The molecule has 0 aliphatic heterocycles. The molecule has 0 radical (unpaired) electrons. The molecule has 0 fully saturated rings. The number of rotatable bonds is 7. The minimum Gasteiger partial charge on any atom is -0.495 e. The van der Waals surface area contributed by atoms with Gasteiger partial charge in [-0.05, 0) is 42.8 Å². The zero-order valence-corrected chi connectivity index (χ0v) is 17.9. The van der Waals surface area contributed by atoms with Crippen LogP contribution in [0.5, 0.6) is 5.75 Å². The van der Waals surface area contributed by atoms with Crippen LogP contribution in [0, 0.1) is 0 Å². The van der Waals surface area contributed by atoms with Gasteiger partial charge in [-0.2, -0.15) is 13.2 Å². The monoisotopic (exact) mass is 464 g/mol. The van der Waals surface area contributed by atoms with Gasteiger partial charge in [0.05, 0.1) is 24.6 Å². The van der Waals surface area contributed by atoms with Gasteiger partial charge in [0.15, 0.2) is 0 Å². The minimum absolute atomic E-state index is 0.0641. The third-order valence-electron chi connectivity index (χ3n) is 4.19. The number of amides is 1. The van der Waals surface area contributed by atoms with Gasteiger partial charge >= 0.3 is 6.18 Å². The Morgan fingerprint density at radius 1 is 1.23 bits per heavy atom. The summed E-state index contributed by atoms with van der Waals surface area (Å²) in [4.78, 5) is 12.6. The van der Waals surface area contributed by atoms with Gasteiger partial charge in [-0.25, -0.2) is 8.42 Å². The Balaban J connectivity index is 2.27. The molecule has 0 aliphatic rings. The first-order valence-electron chi connectivity index (χ1n) is 8.61. The Hall–Kier alpha value is -2.46. The van der Waals surface area contributed by atoms with Crippen LogP contribution in [-0.4, -0.2) is 33.7 Å². The van der Waals surface area contributed by atoms with Crippen molar-refractivity contribution in [2.24, 2.45) is 0 Å². The Labute approximate surface area is 177 Å². The summed E-state index contributed by atoms with van der Waals surface area (Å²) in [5.41, 5.74) is -0.561. The fraction of sp³-hybridized carbons (Fsp3) is 0.316. The van der Waals surface area contributed by atoms with E-state index in [1.54, 1.807) is 0 Å². The van der Waals surface area contributed by atoms with Crippen LogP contribution in [0.4, 0.5) is 18.9 Å². The summed E-state index contributed by atoms with van der Waals surface area (Å²) in [5, 5.41) is 2.70. The topological polar surface area (TPSA) is 75.7 Å². The molecule has 0 heterocycles. The molecule has 11 heteroatoms. The van der Waals surface area contributed by atoms with Gasteiger partial charge in [0.1, 0.15) is 11.8 Å². The summed E-state index contributed by atoms with van der Waals surface area (Å²) in [6.45, 7) is 1.14. The molecule has 0 aromatic heterocycles. The van der Waals surface area contributed by atoms with Crippen molar-refractivity contribution in [1.82, 2.24) is 5.32 Å². The highest BCUT2D eigenvalue weighted by molar-refractivity contribution is 7.92. The first kappa shape index (κ1) is 23.8. The molecule has 164 valence electrons. The fourth-order valence-corrected chi connectivity index (χ4v) is 4.15. The lowest BCUT2D eigenvalue weighted by Gasteiger charge is -2.29. The number of nitrogens with zero attached hydrogens (tertiary/aromatic N) is 1. The second kappa shape index (κ2) is 9.13. The lowest BCUT2D eigenvalue weighted by Crippen LogP contribution is -2.47. The van der Waals surface area contributed by atoms with Gasteiger partial charge in [0.25, 0.3) is 0 Å². The molecule has 0 saturated heterocycles. The van der Waals surface area contributed by atoms with Crippen molar-refractivity contribution < 1.29 is 31.1 Å². The average Bonchev–Trinajstić information content (AvgIpc) is 2.65. The zero-order chi connectivity index (χ0) is 22.7. The lowest BCUT2D eigenvalue weighted by atomic mass is 10.1. The summed E-state index contributed by atoms with van der Waals surface area (Å²) < 4.78 is 69.4. The van der Waals surface area contributed by atoms with Crippen LogP contribution in [-0.2, 0) is 27.5 Å². The maximum Gasteiger partial charge on any atom is 0.416 e. The molecule has 1 N–H and O–H groups in total. The molecule has 1 unspecified atom stereocenters. The zero-order valence-electron chi connectivity index (χ0n) is 16.3. The quantitative estimate of drug-likeness (QED) is 0.675. The molecule has 6 nitrogen and oxygen atoms in total. The number of hydrogen-bond acceptors (Lipinski definition) is 4. The van der Waals surface area contributed by atoms with Crippen molar-refractivity contribution in [2.45, 2.75) is 25.7 Å². The number of nitrogens with one attached hydrogen (secondary N) is 1. The largest absolute Gasteiger partial charge is 0.495 e. The van der Waals surface area contributed by atoms with E-state index in [1.807, 2.05) is 0 Å². The van der Waals surface area contributed by atoms with Crippen LogP contribution in [0.15, 0.2) is 42.5 Å². The Bertz CT molecular complexity index is 1030. The van der Waals surface area contributed by atoms with E-state index < -0.39 is 33.7 Å². The second-order valence-corrected chi connectivity index (χ2v) is 8.76. The number of ether oxygens (including phenoxy) is 1. The molecule has 0 bridgehead atoms. The van der Waals surface area contributed by atoms with Crippen molar-refractivity contribution in [3.05, 3.63) is 58.6 Å². The lowest BCUT2D eigenvalue weighted by molar-refractivity contribution is -0.137. The highest BCUT2D eigenvalue weighted by Crippen LogP contribution is 2.34. The maximum absolute atomic E-state index is 12.8. The predicted octanol–water partition coefficient (Wildman–Crippen LogP) is 3.84. The van der Waals surface area contributed by atoms with E-state index in [1.165, 1.54) is 44.4 Å². The SMILES string of the molecule is COc1ccc(Cl)cc1N(C(C)C(=O)NCc1cccc(C(F)(F)F)c1)S(C)(=O)=O. The number of sulfonamides is 1. The molecule has 0 saturated carbocycles. The van der Waals surface area contributed by atoms with Crippen LogP contribution in [0.3, 0.4) is 0 Å². The average molecular weight is 465 g/mol. The Morgan fingerprint density at radius 2 is 1.90 bits per heavy atom. The number of carbonyl (C=O) groups is 1. The van der Waals surface area contributed by atoms with Crippen molar-refractivity contribution in [1.29, 1.82) is 0 Å². The second-order valence-electron chi connectivity index (χ2n) is 6.47. The standard InChI is InChI=1S/C19H20ClF3N2O4S/c1-12(18(26)24-11-13-5-4-6-14(9-13)19(21,22)23)25(30(3,27)28)16-10-15(20)7-8-17(16)29-2/h4-10,12H,11H2,1-3H3,(H,24,26). The van der Waals surface area contributed by atoms with Crippen molar-refractivity contribution in [3.8, 4) is 5.75 Å². The molecule has 2 aromatic rings. The van der Waals surface area contributed by atoms with Crippen LogP contribution in [0.1, 0.15) is 18.1 Å². The van der Waals surface area contributed by atoms with Crippen molar-refractivity contribution in [3.63, 3.8) is 0 Å². The number of carbonyl (C=O) groups excluding carboxylic acids is 1. The molecule has 0 aliphatic carbocycles. The third kappa shape index (κ3) is 5.79. The first-order chi connectivity index (χ1) is 13.8. The van der Waals surface area contributed by atoms with Gasteiger partial charge in [-0.1, -0.05) is 23.7 Å². The molecular weight excluding hydrogens is 445 g/mol. The fourth-order valence-electron chi connectivity index (χ4n) is 2.81. The highest BCUT2D eigenvalue weighted by Gasteiger charge is 2.32. The van der Waals surface area contributed by atoms with Crippen LogP contribution < -0.4 is 14.4 Å². The van der Waals surface area contributed by atoms with E-state index in [4.69, 9.17) is 16.3 Å². The van der Waals surface area contributed by atoms with Crippen LogP contribution in [0.25, 0.3) is 0 Å². The van der Waals surface area contributed by atoms with E-state index >= 15 is 0 Å². The van der Waals surface area contributed by atoms with Crippen LogP contribution >= 0.6 is 11.6 Å². The minimum atomic E-state index is -4.51. The van der Waals surface area contributed by atoms with Crippen molar-refractivity contribution >= 4 is 33.2 Å². The molecular formula is C19H20ClF3N2O4S. The number of benzene rings is 2. The van der Waals surface area contributed by atoms with Crippen LogP contribution in [0.2, 0.25) is 5.02 Å². The molecule has 30 heavy (non-hydrogen) atoms. The first-order valence-corrected chi connectivity index (χ1v) is 10.8. The normalized spacial score (nSPS) is 12.9. The van der Waals surface area contributed by atoms with Gasteiger partial charge in [0.2, 0.25) is 15.9 Å². The van der Waals surface area contributed by atoms with E-state index in [9.17, 15) is 26.4 Å². The Morgan fingerprint density at radius 3 is 2.47 bits per heavy atom. The van der Waals surface area contributed by atoms with Crippen molar-refractivity contribution in [2.75, 3.05) is 17.7 Å². The smallest absolute Gasteiger partial charge is 0.416 e. The van der Waals surface area contributed by atoms with E-state index in [-0.39, 0.29) is 28.6 Å². The number of anilines is 1. The highest BCUT2D eigenvalue weighted by atomic mass is 35.5. The van der Waals surface area contributed by atoms with Gasteiger partial charge < -0.3 is 10.1 Å². The molecule has 1 amide bonds. The molecule has 1 atom stereocenters. The molecule has 0 spiro atoms. The summed E-state index contributed by atoms with van der Waals surface area (Å²) in [7, 11) is -2.60. The third-order valence-corrected chi connectivity index (χ3v) is 5.65. The van der Waals surface area contributed by atoms with E-state index in [0.29, 0.717) is 0 Å². The van der Waals surface area contributed by atoms with Gasteiger partial charge in [-0.3, -0.25) is 9.10 Å². The van der Waals surface area contributed by atoms with Gasteiger partial charge in [0, 0.05) is 11.6 Å². The summed E-state index contributed by atoms with van der Waals surface area (Å²) in [5.74, 6) is -0.526. The Kier molecular flexibility index (Phi) is 7.25. The number of hydrogen-bond donors (Lipinski definition) is 1. The summed E-state index contributed by atoms with van der Waals surface area (Å²) >= 11 is 5.98. The van der Waals surface area contributed by atoms with Gasteiger partial charge in [-0.15, -0.1) is 0 Å².